The zero-order valence-corrected chi connectivity index (χ0v) is 18.2. The Morgan fingerprint density at radius 1 is 1.24 bits per heavy atom. The molecule has 0 atom stereocenters. The van der Waals surface area contributed by atoms with Gasteiger partial charge >= 0.3 is 0 Å². The van der Waals surface area contributed by atoms with Crippen molar-refractivity contribution in [3.8, 4) is 5.75 Å². The predicted octanol–water partition coefficient (Wildman–Crippen LogP) is 4.03. The number of aliphatic imine (C=N–C) groups is 1. The van der Waals surface area contributed by atoms with Crippen LogP contribution in [0.3, 0.4) is 0 Å². The topological polar surface area (TPSA) is 63.5 Å². The number of aromatic nitrogens is 2. The summed E-state index contributed by atoms with van der Waals surface area (Å²) in [6, 6.07) is 6.43. The van der Waals surface area contributed by atoms with E-state index in [0.717, 1.165) is 42.5 Å². The number of hydrogen-bond donors (Lipinski definition) is 2. The van der Waals surface area contributed by atoms with Crippen LogP contribution in [-0.2, 0) is 19.6 Å². The van der Waals surface area contributed by atoms with Crippen molar-refractivity contribution >= 4 is 5.96 Å². The normalized spacial score (nSPS) is 15.1. The van der Waals surface area contributed by atoms with Crippen molar-refractivity contribution in [2.45, 2.75) is 72.2 Å². The number of benzene rings is 1. The van der Waals surface area contributed by atoms with Crippen molar-refractivity contribution < 1.29 is 4.74 Å². The van der Waals surface area contributed by atoms with Gasteiger partial charge in [-0.1, -0.05) is 26.0 Å². The first-order chi connectivity index (χ1) is 14.0. The van der Waals surface area contributed by atoms with E-state index < -0.39 is 0 Å². The molecule has 6 nitrogen and oxygen atoms in total. The molecule has 0 spiro atoms. The van der Waals surface area contributed by atoms with Gasteiger partial charge in [0.25, 0.3) is 0 Å². The first-order valence-electron chi connectivity index (χ1n) is 10.8. The molecule has 1 fully saturated rings. The molecule has 0 radical (unpaired) electrons. The average molecular weight is 398 g/mol. The lowest BCUT2D eigenvalue weighted by Crippen LogP contribution is -2.37. The minimum atomic E-state index is 0.354. The summed E-state index contributed by atoms with van der Waals surface area (Å²) in [6.07, 6.45) is 9.11. The number of nitrogens with one attached hydrogen (secondary N) is 2. The van der Waals surface area contributed by atoms with Gasteiger partial charge in [-0.15, -0.1) is 0 Å². The Bertz CT molecular complexity index is 805. The number of hydrogen-bond acceptors (Lipinski definition) is 3. The lowest BCUT2D eigenvalue weighted by atomic mass is 10.1. The molecule has 1 aliphatic rings. The zero-order valence-electron chi connectivity index (χ0n) is 18.2. The standard InChI is InChI=1S/C23H35N5O/c1-17(2)16-28-12-11-25-22(28)15-27-23(24-4)26-14-19-10-9-18(3)13-21(19)29-20-7-5-6-8-20/h9-13,17,20H,5-8,14-16H2,1-4H3,(H2,24,26,27). The molecule has 158 valence electrons. The number of nitrogens with zero attached hydrogens (tertiary/aromatic N) is 3. The maximum Gasteiger partial charge on any atom is 0.191 e. The van der Waals surface area contributed by atoms with Gasteiger partial charge in [0.15, 0.2) is 5.96 Å². The Balaban J connectivity index is 1.57. The fraction of sp³-hybridized carbons (Fsp3) is 0.565. The van der Waals surface area contributed by atoms with E-state index in [1.165, 1.54) is 18.4 Å². The molecule has 0 bridgehead atoms. The van der Waals surface area contributed by atoms with Crippen LogP contribution in [0.25, 0.3) is 0 Å². The number of guanidine groups is 1. The van der Waals surface area contributed by atoms with Crippen LogP contribution >= 0.6 is 0 Å². The van der Waals surface area contributed by atoms with Crippen LogP contribution in [0.15, 0.2) is 35.6 Å². The van der Waals surface area contributed by atoms with Crippen molar-refractivity contribution in [1.82, 2.24) is 20.2 Å². The second-order valence-corrected chi connectivity index (χ2v) is 8.30. The van der Waals surface area contributed by atoms with Crippen molar-refractivity contribution in [2.75, 3.05) is 7.05 Å². The van der Waals surface area contributed by atoms with E-state index in [1.54, 1.807) is 7.05 Å². The van der Waals surface area contributed by atoms with Gasteiger partial charge in [0.05, 0.1) is 12.6 Å². The van der Waals surface area contributed by atoms with Gasteiger partial charge in [0.1, 0.15) is 11.6 Å². The Hall–Kier alpha value is -2.50. The third-order valence-electron chi connectivity index (χ3n) is 5.27. The maximum atomic E-state index is 6.31. The third-order valence-corrected chi connectivity index (χ3v) is 5.27. The Morgan fingerprint density at radius 2 is 2.00 bits per heavy atom. The zero-order chi connectivity index (χ0) is 20.6. The van der Waals surface area contributed by atoms with E-state index in [2.05, 4.69) is 64.1 Å². The molecule has 0 saturated heterocycles. The Morgan fingerprint density at radius 3 is 2.72 bits per heavy atom. The number of rotatable bonds is 8. The molecule has 1 aliphatic carbocycles. The van der Waals surface area contributed by atoms with Crippen molar-refractivity contribution in [2.24, 2.45) is 10.9 Å². The largest absolute Gasteiger partial charge is 0.490 e. The predicted molar refractivity (Wildman–Crippen MR) is 118 cm³/mol. The SMILES string of the molecule is CN=C(NCc1ccc(C)cc1OC1CCCC1)NCc1nccn1CC(C)C. The third kappa shape index (κ3) is 6.24. The first-order valence-corrected chi connectivity index (χ1v) is 10.8. The second kappa shape index (κ2) is 10.3. The summed E-state index contributed by atoms with van der Waals surface area (Å²) in [7, 11) is 1.79. The number of ether oxygens (including phenoxy) is 1. The van der Waals surface area contributed by atoms with Crippen LogP contribution in [0.2, 0.25) is 0 Å². The molecule has 1 saturated carbocycles. The summed E-state index contributed by atoms with van der Waals surface area (Å²) in [5.41, 5.74) is 2.38. The van der Waals surface area contributed by atoms with Crippen LogP contribution in [0.1, 0.15) is 56.5 Å². The molecule has 1 aromatic carbocycles. The molecule has 1 heterocycles. The maximum absolute atomic E-state index is 6.31. The molecule has 3 rings (SSSR count). The van der Waals surface area contributed by atoms with Gasteiger partial charge in [-0.2, -0.15) is 0 Å². The van der Waals surface area contributed by atoms with E-state index in [0.29, 0.717) is 25.1 Å². The molecule has 6 heteroatoms. The van der Waals surface area contributed by atoms with Crippen molar-refractivity contribution in [3.05, 3.63) is 47.5 Å². The van der Waals surface area contributed by atoms with Gasteiger partial charge < -0.3 is 19.9 Å². The van der Waals surface area contributed by atoms with Crippen LogP contribution in [0, 0.1) is 12.8 Å². The molecule has 0 unspecified atom stereocenters. The number of imidazole rings is 1. The average Bonchev–Trinajstić information content (AvgIpc) is 3.35. The van der Waals surface area contributed by atoms with Gasteiger partial charge in [0.2, 0.25) is 0 Å². The highest BCUT2D eigenvalue weighted by atomic mass is 16.5. The van der Waals surface area contributed by atoms with E-state index in [9.17, 15) is 0 Å². The summed E-state index contributed by atoms with van der Waals surface area (Å²) >= 11 is 0. The molecule has 0 aliphatic heterocycles. The molecule has 2 aromatic rings. The second-order valence-electron chi connectivity index (χ2n) is 8.30. The summed E-state index contributed by atoms with van der Waals surface area (Å²) in [5.74, 6) is 3.35. The molecule has 0 amide bonds. The smallest absolute Gasteiger partial charge is 0.191 e. The Labute approximate surface area is 174 Å². The molecular formula is C23H35N5O. The highest BCUT2D eigenvalue weighted by molar-refractivity contribution is 5.79. The van der Waals surface area contributed by atoms with Crippen LogP contribution in [0.4, 0.5) is 0 Å². The van der Waals surface area contributed by atoms with Gasteiger partial charge in [-0.3, -0.25) is 4.99 Å². The van der Waals surface area contributed by atoms with Crippen molar-refractivity contribution in [1.29, 1.82) is 0 Å². The minimum absolute atomic E-state index is 0.354. The molecule has 29 heavy (non-hydrogen) atoms. The summed E-state index contributed by atoms with van der Waals surface area (Å²) < 4.78 is 8.50. The van der Waals surface area contributed by atoms with Gasteiger partial charge in [-0.25, -0.2) is 4.98 Å². The van der Waals surface area contributed by atoms with Crippen LogP contribution in [0.5, 0.6) is 5.75 Å². The van der Waals surface area contributed by atoms with Crippen molar-refractivity contribution in [3.63, 3.8) is 0 Å². The summed E-state index contributed by atoms with van der Waals surface area (Å²) in [4.78, 5) is 8.83. The van der Waals surface area contributed by atoms with E-state index in [-0.39, 0.29) is 0 Å². The summed E-state index contributed by atoms with van der Waals surface area (Å²) in [6.45, 7) is 8.81. The van der Waals surface area contributed by atoms with E-state index >= 15 is 0 Å². The molecule has 2 N–H and O–H groups in total. The van der Waals surface area contributed by atoms with E-state index in [4.69, 9.17) is 4.74 Å². The monoisotopic (exact) mass is 397 g/mol. The van der Waals surface area contributed by atoms with Crippen LogP contribution < -0.4 is 15.4 Å². The fourth-order valence-corrected chi connectivity index (χ4v) is 3.73. The van der Waals surface area contributed by atoms with Gasteiger partial charge in [-0.05, 0) is 50.2 Å². The summed E-state index contributed by atoms with van der Waals surface area (Å²) in [5, 5.41) is 6.79. The highest BCUT2D eigenvalue weighted by Crippen LogP contribution is 2.27. The fourth-order valence-electron chi connectivity index (χ4n) is 3.73. The first kappa shape index (κ1) is 21.2. The lowest BCUT2D eigenvalue weighted by Gasteiger charge is -2.19. The lowest BCUT2D eigenvalue weighted by molar-refractivity contribution is 0.207. The minimum Gasteiger partial charge on any atom is -0.490 e. The molecule has 1 aromatic heterocycles. The number of aryl methyl sites for hydroxylation is 1. The van der Waals surface area contributed by atoms with Gasteiger partial charge in [0, 0.05) is 38.1 Å². The van der Waals surface area contributed by atoms with E-state index in [1.807, 2.05) is 12.4 Å². The Kier molecular flexibility index (Phi) is 7.55. The highest BCUT2D eigenvalue weighted by Gasteiger charge is 2.18. The quantitative estimate of drug-likeness (QED) is 0.521. The molecular weight excluding hydrogens is 362 g/mol. The van der Waals surface area contributed by atoms with Crippen LogP contribution in [-0.4, -0.2) is 28.7 Å².